The lowest BCUT2D eigenvalue weighted by Crippen LogP contribution is -2.50. The number of fused-ring (bicyclic) bond motifs is 6. The first-order valence-corrected chi connectivity index (χ1v) is 19.8. The lowest BCUT2D eigenvalue weighted by atomic mass is 9.66. The minimum absolute atomic E-state index is 0.0685. The summed E-state index contributed by atoms with van der Waals surface area (Å²) < 4.78 is 35.1. The van der Waals surface area contributed by atoms with Gasteiger partial charge in [0, 0.05) is 53.7 Å². The molecule has 0 saturated heterocycles. The highest BCUT2D eigenvalue weighted by atomic mass is 35.5. The summed E-state index contributed by atoms with van der Waals surface area (Å²) in [6.07, 6.45) is 10.2. The number of anilines is 1. The number of aryl methyl sites for hydroxylation is 2. The van der Waals surface area contributed by atoms with E-state index in [4.69, 9.17) is 21.1 Å². The van der Waals surface area contributed by atoms with Crippen LogP contribution in [0.3, 0.4) is 0 Å². The van der Waals surface area contributed by atoms with Crippen LogP contribution in [0.25, 0.3) is 0 Å². The summed E-state index contributed by atoms with van der Waals surface area (Å²) in [6.45, 7) is 3.78. The number of nitrogens with zero attached hydrogens (tertiary/aromatic N) is 4. The second kappa shape index (κ2) is 12.7. The molecule has 2 N–H and O–H groups in total. The molecule has 270 valence electrons. The van der Waals surface area contributed by atoms with Crippen LogP contribution in [0.2, 0.25) is 5.02 Å². The van der Waals surface area contributed by atoms with E-state index in [1.807, 2.05) is 25.1 Å². The monoisotopic (exact) mass is 733 g/mol. The molecule has 1 fully saturated rings. The third-order valence-electron chi connectivity index (χ3n) is 11.8. The second-order valence-corrected chi connectivity index (χ2v) is 17.9. The van der Waals surface area contributed by atoms with Crippen molar-refractivity contribution in [1.82, 2.24) is 14.5 Å². The van der Waals surface area contributed by atoms with Crippen molar-refractivity contribution >= 4 is 39.0 Å². The Kier molecular flexibility index (Phi) is 8.50. The molecular formula is C38H44ClN5O6S. The molecule has 1 unspecified atom stereocenters. The molecule has 2 amide bonds. The van der Waals surface area contributed by atoms with Gasteiger partial charge >= 0.3 is 0 Å². The number of aromatic nitrogens is 2. The maximum absolute atomic E-state index is 14.8. The zero-order valence-electron chi connectivity index (χ0n) is 29.1. The van der Waals surface area contributed by atoms with Gasteiger partial charge < -0.3 is 19.5 Å². The van der Waals surface area contributed by atoms with E-state index in [0.29, 0.717) is 31.9 Å². The van der Waals surface area contributed by atoms with Crippen molar-refractivity contribution in [2.75, 3.05) is 37.5 Å². The average Bonchev–Trinajstić information content (AvgIpc) is 3.61. The van der Waals surface area contributed by atoms with Gasteiger partial charge in [0.25, 0.3) is 11.8 Å². The molecule has 2 aliphatic heterocycles. The van der Waals surface area contributed by atoms with Crippen LogP contribution in [0.15, 0.2) is 59.1 Å². The first kappa shape index (κ1) is 34.2. The van der Waals surface area contributed by atoms with Gasteiger partial charge in [0.05, 0.1) is 31.3 Å². The van der Waals surface area contributed by atoms with Crippen LogP contribution in [0.1, 0.15) is 70.9 Å². The number of aliphatic hydroxyl groups excluding tert-OH is 1. The average molecular weight is 734 g/mol. The molecule has 11 nitrogen and oxygen atoms in total. The number of benzene rings is 2. The highest BCUT2D eigenvalue weighted by Gasteiger charge is 2.47. The largest absolute Gasteiger partial charge is 0.490 e. The fourth-order valence-electron chi connectivity index (χ4n) is 9.19. The summed E-state index contributed by atoms with van der Waals surface area (Å²) >= 11 is 6.45. The van der Waals surface area contributed by atoms with Crippen LogP contribution in [0.4, 0.5) is 5.69 Å². The predicted octanol–water partition coefficient (Wildman–Crippen LogP) is 5.49. The predicted molar refractivity (Wildman–Crippen MR) is 195 cm³/mol. The number of ether oxygens (including phenoxy) is 2. The summed E-state index contributed by atoms with van der Waals surface area (Å²) in [5, 5.41) is 16.7. The minimum Gasteiger partial charge on any atom is -0.490 e. The highest BCUT2D eigenvalue weighted by molar-refractivity contribution is 7.92. The maximum Gasteiger partial charge on any atom is 0.286 e. The topological polar surface area (TPSA) is 135 Å². The quantitative estimate of drug-likeness (QED) is 0.338. The smallest absolute Gasteiger partial charge is 0.286 e. The van der Waals surface area contributed by atoms with Crippen molar-refractivity contribution in [3.8, 4) is 11.6 Å². The Balaban J connectivity index is 1.22. The Morgan fingerprint density at radius 3 is 2.84 bits per heavy atom. The van der Waals surface area contributed by atoms with Gasteiger partial charge in [-0.25, -0.2) is 4.21 Å². The van der Waals surface area contributed by atoms with E-state index in [0.717, 1.165) is 42.8 Å². The summed E-state index contributed by atoms with van der Waals surface area (Å²) in [5.74, 6) is -0.618. The molecule has 1 spiro atoms. The number of hydrogen-bond donors (Lipinski definition) is 2. The van der Waals surface area contributed by atoms with Gasteiger partial charge in [-0.3, -0.25) is 19.0 Å². The molecular weight excluding hydrogens is 690 g/mol. The summed E-state index contributed by atoms with van der Waals surface area (Å²) in [7, 11) is -0.652. The lowest BCUT2D eigenvalue weighted by Gasteiger charge is -2.46. The fourth-order valence-corrected chi connectivity index (χ4v) is 11.4. The Morgan fingerprint density at radius 2 is 2.06 bits per heavy atom. The molecule has 1 saturated carbocycles. The Hall–Kier alpha value is -3.87. The van der Waals surface area contributed by atoms with Crippen LogP contribution < -0.4 is 19.1 Å². The second-order valence-electron chi connectivity index (χ2n) is 15.5. The van der Waals surface area contributed by atoms with Gasteiger partial charge in [-0.1, -0.05) is 36.7 Å². The molecule has 0 radical (unpaired) electrons. The number of nitrogens with one attached hydrogen (secondary N) is 1. The first-order valence-electron chi connectivity index (χ1n) is 17.7. The lowest BCUT2D eigenvalue weighted by molar-refractivity contribution is -0.0137. The number of hydrogen-bond acceptors (Lipinski definition) is 8. The number of halogens is 1. The molecule has 3 aliphatic carbocycles. The van der Waals surface area contributed by atoms with Crippen LogP contribution in [-0.4, -0.2) is 69.6 Å². The Labute approximate surface area is 303 Å². The van der Waals surface area contributed by atoms with Crippen molar-refractivity contribution in [2.45, 2.75) is 57.0 Å². The van der Waals surface area contributed by atoms with Crippen molar-refractivity contribution in [1.29, 1.82) is 0 Å². The van der Waals surface area contributed by atoms with E-state index in [2.05, 4.69) is 31.2 Å². The van der Waals surface area contributed by atoms with E-state index in [1.54, 1.807) is 25.2 Å². The van der Waals surface area contributed by atoms with Crippen LogP contribution >= 0.6 is 11.6 Å². The zero-order chi connectivity index (χ0) is 35.7. The molecule has 2 aromatic carbocycles. The third kappa shape index (κ3) is 6.23. The molecule has 3 heterocycles. The van der Waals surface area contributed by atoms with Gasteiger partial charge in [-0.2, -0.15) is 0 Å². The highest BCUT2D eigenvalue weighted by Crippen LogP contribution is 2.49. The van der Waals surface area contributed by atoms with Gasteiger partial charge in [0.2, 0.25) is 5.88 Å². The van der Waals surface area contributed by atoms with Crippen molar-refractivity contribution < 1.29 is 28.4 Å². The number of carbonyl (C=O) groups is 2. The van der Waals surface area contributed by atoms with E-state index in [9.17, 15) is 18.9 Å². The first-order chi connectivity index (χ1) is 24.4. The van der Waals surface area contributed by atoms with Crippen LogP contribution in [0, 0.1) is 23.2 Å². The molecule has 3 aromatic rings. The minimum atomic E-state index is -3.70. The Bertz CT molecular complexity index is 2070. The molecule has 7 atom stereocenters. The number of carbonyl (C=O) groups excluding carboxylic acids is 2. The van der Waals surface area contributed by atoms with E-state index in [1.165, 1.54) is 29.1 Å². The van der Waals surface area contributed by atoms with E-state index < -0.39 is 33.2 Å². The number of rotatable bonds is 3. The molecule has 5 aliphatic rings. The third-order valence-corrected chi connectivity index (χ3v) is 14.0. The Morgan fingerprint density at radius 1 is 1.22 bits per heavy atom. The molecule has 8 rings (SSSR count). The number of allylic oxidation sites excluding steroid dienone is 1. The van der Waals surface area contributed by atoms with Gasteiger partial charge in [-0.05, 0) is 91.8 Å². The van der Waals surface area contributed by atoms with Crippen LogP contribution in [-0.2, 0) is 28.8 Å². The van der Waals surface area contributed by atoms with Gasteiger partial charge in [-0.15, -0.1) is 9.46 Å². The van der Waals surface area contributed by atoms with Crippen LogP contribution in [0.5, 0.6) is 11.6 Å². The number of methoxy groups -OCH3 is 1. The maximum atomic E-state index is 14.8. The molecule has 13 heteroatoms. The van der Waals surface area contributed by atoms with Crippen molar-refractivity contribution in [3.63, 3.8) is 0 Å². The molecule has 1 aromatic heterocycles. The fraction of sp³-hybridized carbons (Fsp3) is 0.500. The summed E-state index contributed by atoms with van der Waals surface area (Å²) in [5.41, 5.74) is 2.59. The van der Waals surface area contributed by atoms with Crippen molar-refractivity contribution in [3.05, 3.63) is 82.0 Å². The SMILES string of the molecule is COc1nn(C)cc1C(=O)NS1(=O)=NC(=O)c2ccc3c(c2)N(C[C@@H]2CC[C@H]2[C@@H](O)[C@H]2C=C[C@@](C)(C2)C1)C[C@@]1(CCCc2cc(Cl)ccc21)CO3. The van der Waals surface area contributed by atoms with E-state index in [-0.39, 0.29) is 45.9 Å². The molecule has 4 bridgehead atoms. The standard InChI is InChI=1S/C38H44ClN5O6S/c1-37-14-12-25(17-37)33(45)28-9-6-26(28)18-44-20-38(13-4-5-23-15-27(39)8-10-30(23)38)21-50-32-11-7-24(16-31(32)44)34(46)41-51(48,22-37)42-35(47)29-19-43(2)40-36(29)49-3/h7-8,10-12,14-16,19,25-26,28,33,45H,4-6,9,13,17-18,20-22H2,1-3H3,(H,41,42,46,47,48)/t25-,26-,28+,33-,37-,38-,51?/m0/s1. The molecule has 51 heavy (non-hydrogen) atoms. The number of amides is 2. The van der Waals surface area contributed by atoms with E-state index >= 15 is 0 Å². The van der Waals surface area contributed by atoms with Crippen molar-refractivity contribution in [2.24, 2.45) is 34.6 Å². The zero-order valence-corrected chi connectivity index (χ0v) is 30.7. The summed E-state index contributed by atoms with van der Waals surface area (Å²) in [6, 6.07) is 11.4. The number of aliphatic hydroxyl groups is 1. The van der Waals surface area contributed by atoms with Gasteiger partial charge in [0.1, 0.15) is 21.2 Å². The normalized spacial score (nSPS) is 32.6. The summed E-state index contributed by atoms with van der Waals surface area (Å²) in [4.78, 5) is 30.0. The van der Waals surface area contributed by atoms with Gasteiger partial charge in [0.15, 0.2) is 0 Å².